The minimum atomic E-state index is -0.712. The van der Waals surface area contributed by atoms with Gasteiger partial charge in [-0.2, -0.15) is 0 Å². The Balaban J connectivity index is 0.000000800. The first kappa shape index (κ1) is 49.1. The lowest BCUT2D eigenvalue weighted by atomic mass is 10.1. The van der Waals surface area contributed by atoms with Crippen LogP contribution in [-0.2, 0) is 9.59 Å². The molecular weight excluding hydrogens is 659 g/mol. The van der Waals surface area contributed by atoms with E-state index < -0.39 is 11.9 Å². The van der Waals surface area contributed by atoms with Gasteiger partial charge in [0.1, 0.15) is 0 Å². The predicted molar refractivity (Wildman–Crippen MR) is 228 cm³/mol. The molecule has 6 heteroatoms. The summed E-state index contributed by atoms with van der Waals surface area (Å²) in [7, 11) is 0. The number of aliphatic carboxylic acids is 2. The fourth-order valence-corrected chi connectivity index (χ4v) is 5.38. The van der Waals surface area contributed by atoms with Crippen LogP contribution in [0.1, 0.15) is 168 Å². The number of para-hydroxylation sites is 1. The molecular formula is C47H73NO5. The number of benzene rings is 1. The number of hydrogen-bond acceptors (Lipinski definition) is 3. The van der Waals surface area contributed by atoms with Crippen LogP contribution in [-0.4, -0.2) is 27.1 Å². The molecule has 0 aliphatic heterocycles. The van der Waals surface area contributed by atoms with Crippen LogP contribution in [0.5, 0.6) is 0 Å². The number of rotatable bonds is 29. The number of unbranched alkanes of at least 4 members (excludes halogenated alkanes) is 15. The van der Waals surface area contributed by atoms with Crippen LogP contribution >= 0.6 is 0 Å². The van der Waals surface area contributed by atoms with E-state index in [9.17, 15) is 14.4 Å². The number of nitrogens with one attached hydrogen (secondary N) is 1. The number of aromatic nitrogens is 1. The predicted octanol–water partition coefficient (Wildman–Crippen LogP) is 13.9. The summed E-state index contributed by atoms with van der Waals surface area (Å²) < 4.78 is 0. The first-order chi connectivity index (χ1) is 25.9. The Kier molecular flexibility index (Phi) is 36.4. The van der Waals surface area contributed by atoms with Gasteiger partial charge in [-0.1, -0.05) is 157 Å². The molecule has 0 saturated carbocycles. The highest BCUT2D eigenvalue weighted by Gasteiger charge is 1.96. The number of carboxylic acid groups (broad SMARTS) is 2. The number of carbonyl (C=O) groups is 2. The maximum Gasteiger partial charge on any atom is 0.303 e. The van der Waals surface area contributed by atoms with E-state index in [1.54, 1.807) is 0 Å². The number of aromatic amines is 1. The topological polar surface area (TPSA) is 107 Å². The molecule has 1 aromatic heterocycles. The van der Waals surface area contributed by atoms with Crippen LogP contribution in [0.2, 0.25) is 0 Å². The number of pyridine rings is 1. The molecule has 0 atom stereocenters. The Morgan fingerprint density at radius 2 is 0.887 bits per heavy atom. The Morgan fingerprint density at radius 1 is 0.491 bits per heavy atom. The number of hydrogen-bond donors (Lipinski definition) is 3. The van der Waals surface area contributed by atoms with Crippen molar-refractivity contribution in [2.75, 3.05) is 0 Å². The van der Waals surface area contributed by atoms with Gasteiger partial charge in [0.25, 0.3) is 0 Å². The number of allylic oxidation sites excluding steroid dienone is 10. The van der Waals surface area contributed by atoms with Crippen molar-refractivity contribution in [3.8, 4) is 0 Å². The van der Waals surface area contributed by atoms with Crippen molar-refractivity contribution >= 4 is 22.8 Å². The molecule has 296 valence electrons. The summed E-state index contributed by atoms with van der Waals surface area (Å²) >= 11 is 0. The van der Waals surface area contributed by atoms with E-state index in [4.69, 9.17) is 10.2 Å². The van der Waals surface area contributed by atoms with Crippen LogP contribution < -0.4 is 5.56 Å². The summed E-state index contributed by atoms with van der Waals surface area (Å²) in [4.78, 5) is 34.2. The monoisotopic (exact) mass is 732 g/mol. The smallest absolute Gasteiger partial charge is 0.303 e. The molecule has 0 fully saturated rings. The van der Waals surface area contributed by atoms with Gasteiger partial charge in [-0.3, -0.25) is 14.4 Å². The van der Waals surface area contributed by atoms with Crippen molar-refractivity contribution < 1.29 is 19.8 Å². The normalized spacial score (nSPS) is 11.5. The zero-order valence-corrected chi connectivity index (χ0v) is 33.3. The second-order valence-corrected chi connectivity index (χ2v) is 13.5. The van der Waals surface area contributed by atoms with Crippen LogP contribution in [0.3, 0.4) is 0 Å². The summed E-state index contributed by atoms with van der Waals surface area (Å²) in [5.41, 5.74) is 0.837. The van der Waals surface area contributed by atoms with Crippen molar-refractivity contribution in [3.05, 3.63) is 108 Å². The maximum absolute atomic E-state index is 10.8. The molecule has 0 amide bonds. The van der Waals surface area contributed by atoms with Gasteiger partial charge in [0.05, 0.1) is 0 Å². The quantitative estimate of drug-likeness (QED) is 0.0570. The average molecular weight is 732 g/mol. The van der Waals surface area contributed by atoms with E-state index in [1.165, 1.54) is 102 Å². The maximum atomic E-state index is 10.8. The minimum Gasteiger partial charge on any atom is -0.481 e. The standard InChI is InChI=1S/C20H32O2.C18H34O2.C9H7NO/c1-2-3-4-5-6-7-8-9-10-11-12-13-14-15-16-17-18-19-20(21)22;1-2-3-4-5-6-7-8-9-10-11-12-13-14-15-16-17-18(19)20;11-9-6-5-7-3-1-2-4-8(7)10-9/h6-7,9-10,12-13,15-16H,2-5,8,11,14,17-19H2,1H3,(H,21,22);9-10H,2-8,11-17H2,1H3,(H,19,20);1-6H,(H,10,11)/b7-6-,10-9-,13-12-,16-15-;10-9+;. The number of fused-ring (bicyclic) bond motifs is 1. The van der Waals surface area contributed by atoms with Crippen molar-refractivity contribution in [2.45, 2.75) is 168 Å². The molecule has 0 spiro atoms. The summed E-state index contributed by atoms with van der Waals surface area (Å²) in [5, 5.41) is 18.1. The van der Waals surface area contributed by atoms with Crippen molar-refractivity contribution in [2.24, 2.45) is 0 Å². The van der Waals surface area contributed by atoms with E-state index in [0.717, 1.165) is 55.8 Å². The summed E-state index contributed by atoms with van der Waals surface area (Å²) in [6.45, 7) is 4.49. The zero-order valence-electron chi connectivity index (χ0n) is 33.3. The average Bonchev–Trinajstić information content (AvgIpc) is 3.14. The van der Waals surface area contributed by atoms with Gasteiger partial charge in [-0.05, 0) is 94.6 Å². The number of H-pyrrole nitrogens is 1. The molecule has 1 aromatic carbocycles. The third-order valence-corrected chi connectivity index (χ3v) is 8.50. The molecule has 6 nitrogen and oxygen atoms in total. The van der Waals surface area contributed by atoms with Gasteiger partial charge >= 0.3 is 11.9 Å². The highest BCUT2D eigenvalue weighted by molar-refractivity contribution is 5.77. The zero-order chi connectivity index (χ0) is 38.9. The molecule has 0 aliphatic rings. The van der Waals surface area contributed by atoms with Crippen molar-refractivity contribution in [1.29, 1.82) is 0 Å². The summed E-state index contributed by atoms with van der Waals surface area (Å²) in [6.07, 6.45) is 48.6. The van der Waals surface area contributed by atoms with Crippen LogP contribution in [0, 0.1) is 0 Å². The highest BCUT2D eigenvalue weighted by Crippen LogP contribution is 2.10. The lowest BCUT2D eigenvalue weighted by Crippen LogP contribution is -2.01. The first-order valence-electron chi connectivity index (χ1n) is 20.7. The van der Waals surface area contributed by atoms with E-state index in [1.807, 2.05) is 30.3 Å². The van der Waals surface area contributed by atoms with Gasteiger partial charge in [-0.15, -0.1) is 0 Å². The molecule has 0 aliphatic carbocycles. The van der Waals surface area contributed by atoms with E-state index in [2.05, 4.69) is 79.6 Å². The molecule has 0 unspecified atom stereocenters. The summed E-state index contributed by atoms with van der Waals surface area (Å²) in [5.74, 6) is -1.38. The van der Waals surface area contributed by atoms with Gasteiger partial charge in [0.2, 0.25) is 5.56 Å². The third-order valence-electron chi connectivity index (χ3n) is 8.50. The lowest BCUT2D eigenvalue weighted by Gasteiger charge is -1.99. The SMILES string of the molecule is CCCCC/C=C\C/C=C\C/C=C\C/C=C\CCCC(=O)O.CCCCCCCC/C=C/CCCCCCCC(=O)O.O=c1ccc2ccccc2[nH]1. The second-order valence-electron chi connectivity index (χ2n) is 13.5. The van der Waals surface area contributed by atoms with Crippen molar-refractivity contribution in [1.82, 2.24) is 4.98 Å². The summed E-state index contributed by atoms with van der Waals surface area (Å²) in [6, 6.07) is 11.0. The molecule has 0 saturated heterocycles. The molecule has 53 heavy (non-hydrogen) atoms. The molecule has 2 rings (SSSR count). The Morgan fingerprint density at radius 3 is 1.43 bits per heavy atom. The fraction of sp³-hybridized carbons (Fsp3) is 0.553. The number of carboxylic acids is 2. The Labute approximate surface area is 322 Å². The van der Waals surface area contributed by atoms with Crippen LogP contribution in [0.15, 0.2) is 102 Å². The van der Waals surface area contributed by atoms with Crippen LogP contribution in [0.4, 0.5) is 0 Å². The van der Waals surface area contributed by atoms with Gasteiger partial charge in [0, 0.05) is 24.4 Å². The van der Waals surface area contributed by atoms with Crippen LogP contribution in [0.25, 0.3) is 10.9 Å². The van der Waals surface area contributed by atoms with E-state index in [0.29, 0.717) is 6.42 Å². The van der Waals surface area contributed by atoms with E-state index >= 15 is 0 Å². The Hall–Kier alpha value is -3.93. The third kappa shape index (κ3) is 37.6. The highest BCUT2D eigenvalue weighted by atomic mass is 16.4. The van der Waals surface area contributed by atoms with E-state index in [-0.39, 0.29) is 12.0 Å². The van der Waals surface area contributed by atoms with Gasteiger partial charge in [-0.25, -0.2) is 0 Å². The molecule has 0 bridgehead atoms. The first-order valence-corrected chi connectivity index (χ1v) is 20.7. The van der Waals surface area contributed by atoms with Crippen molar-refractivity contribution in [3.63, 3.8) is 0 Å². The van der Waals surface area contributed by atoms with Gasteiger partial charge < -0.3 is 15.2 Å². The Bertz CT molecular complexity index is 1350. The molecule has 1 heterocycles. The minimum absolute atomic E-state index is 0.0521. The lowest BCUT2D eigenvalue weighted by molar-refractivity contribution is -0.138. The molecule has 3 N–H and O–H groups in total. The largest absolute Gasteiger partial charge is 0.481 e. The van der Waals surface area contributed by atoms with Gasteiger partial charge in [0.15, 0.2) is 0 Å². The fourth-order valence-electron chi connectivity index (χ4n) is 5.38. The second kappa shape index (κ2) is 39.3. The molecule has 0 radical (unpaired) electrons. The molecule has 2 aromatic rings.